The van der Waals surface area contributed by atoms with Crippen LogP contribution in [0.25, 0.3) is 0 Å². The van der Waals surface area contributed by atoms with Crippen molar-refractivity contribution in [1.29, 1.82) is 5.41 Å². The van der Waals surface area contributed by atoms with Gasteiger partial charge in [0.25, 0.3) is 11.8 Å². The van der Waals surface area contributed by atoms with Crippen molar-refractivity contribution >= 4 is 29.1 Å². The van der Waals surface area contributed by atoms with Crippen molar-refractivity contribution in [2.45, 2.75) is 13.8 Å². The molecule has 0 radical (unpaired) electrons. The van der Waals surface area contributed by atoms with Crippen molar-refractivity contribution in [3.63, 3.8) is 0 Å². The maximum absolute atomic E-state index is 12.8. The lowest BCUT2D eigenvalue weighted by Crippen LogP contribution is -2.35. The standard InChI is InChI=1S/C26H28N4O5/c1-4-34-22-15-18(14-21(33-3)23(22)35-5-2)25(32)30-26(27)29-20-13-9-12-19(16-20)28-24(31)17-10-7-6-8-11-17/h6-16H,4-5H2,1-3H3,(H,28,31)(H3,27,29,30,32). The third kappa shape index (κ3) is 6.73. The Kier molecular flexibility index (Phi) is 8.66. The highest BCUT2D eigenvalue weighted by Crippen LogP contribution is 2.38. The molecule has 0 aliphatic rings. The van der Waals surface area contributed by atoms with E-state index < -0.39 is 5.91 Å². The van der Waals surface area contributed by atoms with Gasteiger partial charge in [0.1, 0.15) is 0 Å². The van der Waals surface area contributed by atoms with E-state index in [1.165, 1.54) is 13.2 Å². The zero-order valence-electron chi connectivity index (χ0n) is 19.8. The lowest BCUT2D eigenvalue weighted by Gasteiger charge is -2.16. The average Bonchev–Trinajstić information content (AvgIpc) is 2.85. The van der Waals surface area contributed by atoms with Crippen LogP contribution < -0.4 is 30.2 Å². The first-order valence-electron chi connectivity index (χ1n) is 11.1. The molecule has 3 aromatic rings. The summed E-state index contributed by atoms with van der Waals surface area (Å²) in [6, 6.07) is 18.7. The maximum Gasteiger partial charge on any atom is 0.258 e. The van der Waals surface area contributed by atoms with Crippen molar-refractivity contribution in [3.8, 4) is 17.2 Å². The summed E-state index contributed by atoms with van der Waals surface area (Å²) in [6.45, 7) is 4.44. The third-order valence-corrected chi connectivity index (χ3v) is 4.76. The summed E-state index contributed by atoms with van der Waals surface area (Å²) in [5, 5.41) is 16.3. The van der Waals surface area contributed by atoms with Crippen molar-refractivity contribution < 1.29 is 23.8 Å². The second-order valence-corrected chi connectivity index (χ2v) is 7.23. The van der Waals surface area contributed by atoms with Gasteiger partial charge in [0, 0.05) is 22.5 Å². The highest BCUT2D eigenvalue weighted by atomic mass is 16.5. The van der Waals surface area contributed by atoms with E-state index in [1.807, 2.05) is 19.9 Å². The summed E-state index contributed by atoms with van der Waals surface area (Å²) < 4.78 is 16.6. The molecule has 3 aromatic carbocycles. The van der Waals surface area contributed by atoms with Gasteiger partial charge in [0.15, 0.2) is 17.5 Å². The number of rotatable bonds is 9. The van der Waals surface area contributed by atoms with E-state index in [1.54, 1.807) is 54.6 Å². The Balaban J connectivity index is 1.68. The number of methoxy groups -OCH3 is 1. The minimum absolute atomic E-state index is 0.240. The third-order valence-electron chi connectivity index (χ3n) is 4.76. The maximum atomic E-state index is 12.8. The molecule has 0 fully saturated rings. The number of anilines is 2. The number of hydrogen-bond acceptors (Lipinski definition) is 6. The molecule has 4 N–H and O–H groups in total. The van der Waals surface area contributed by atoms with Crippen LogP contribution in [0.3, 0.4) is 0 Å². The highest BCUT2D eigenvalue weighted by molar-refractivity contribution is 6.09. The molecule has 3 rings (SSSR count). The summed E-state index contributed by atoms with van der Waals surface area (Å²) in [4.78, 5) is 25.2. The number of amides is 2. The predicted octanol–water partition coefficient (Wildman–Crippen LogP) is 4.52. The van der Waals surface area contributed by atoms with Crippen LogP contribution in [0.4, 0.5) is 11.4 Å². The molecule has 0 aromatic heterocycles. The van der Waals surface area contributed by atoms with Crippen molar-refractivity contribution in [2.24, 2.45) is 0 Å². The number of hydrogen-bond donors (Lipinski definition) is 4. The molecule has 0 aliphatic heterocycles. The SMILES string of the molecule is CCOc1cc(C(=O)NC(=N)Nc2cccc(NC(=O)c3ccccc3)c2)cc(OC)c1OCC. The van der Waals surface area contributed by atoms with Crippen LogP contribution in [0.5, 0.6) is 17.2 Å². The number of guanidine groups is 1. The zero-order chi connectivity index (χ0) is 25.2. The summed E-state index contributed by atoms with van der Waals surface area (Å²) in [7, 11) is 1.47. The van der Waals surface area contributed by atoms with Gasteiger partial charge < -0.3 is 24.8 Å². The summed E-state index contributed by atoms with van der Waals surface area (Å²) in [5.74, 6) is 0.117. The fraction of sp³-hybridized carbons (Fsp3) is 0.192. The molecule has 0 heterocycles. The van der Waals surface area contributed by atoms with Crippen LogP contribution in [0.1, 0.15) is 34.6 Å². The zero-order valence-corrected chi connectivity index (χ0v) is 19.8. The molecule has 0 bridgehead atoms. The number of carbonyl (C=O) groups excluding carboxylic acids is 2. The van der Waals surface area contributed by atoms with Gasteiger partial charge >= 0.3 is 0 Å². The normalized spacial score (nSPS) is 10.1. The monoisotopic (exact) mass is 476 g/mol. The van der Waals surface area contributed by atoms with Crippen molar-refractivity contribution in [1.82, 2.24) is 5.32 Å². The van der Waals surface area contributed by atoms with E-state index >= 15 is 0 Å². The quantitative estimate of drug-likeness (QED) is 0.266. The molecule has 0 aliphatic carbocycles. The Morgan fingerprint density at radius 3 is 2.09 bits per heavy atom. The first-order valence-corrected chi connectivity index (χ1v) is 11.1. The molecular weight excluding hydrogens is 448 g/mol. The minimum atomic E-state index is -0.529. The molecule has 0 saturated carbocycles. The van der Waals surface area contributed by atoms with Crippen molar-refractivity contribution in [2.75, 3.05) is 31.0 Å². The van der Waals surface area contributed by atoms with Gasteiger partial charge in [-0.1, -0.05) is 24.3 Å². The number of benzene rings is 3. The molecule has 0 unspecified atom stereocenters. The fourth-order valence-electron chi connectivity index (χ4n) is 3.24. The van der Waals surface area contributed by atoms with Gasteiger partial charge in [-0.15, -0.1) is 0 Å². The molecule has 9 nitrogen and oxygen atoms in total. The van der Waals surface area contributed by atoms with Crippen LogP contribution in [-0.4, -0.2) is 38.1 Å². The first-order chi connectivity index (χ1) is 16.9. The Morgan fingerprint density at radius 2 is 1.43 bits per heavy atom. The molecule has 0 atom stereocenters. The fourth-order valence-corrected chi connectivity index (χ4v) is 3.24. The smallest absolute Gasteiger partial charge is 0.258 e. The van der Waals surface area contributed by atoms with Crippen LogP contribution in [0.2, 0.25) is 0 Å². The van der Waals surface area contributed by atoms with Gasteiger partial charge in [-0.2, -0.15) is 0 Å². The molecule has 182 valence electrons. The Hall–Kier alpha value is -4.53. The lowest BCUT2D eigenvalue weighted by atomic mass is 10.1. The van der Waals surface area contributed by atoms with Crippen LogP contribution in [0.15, 0.2) is 66.7 Å². The summed E-state index contributed by atoms with van der Waals surface area (Å²) >= 11 is 0. The molecule has 9 heteroatoms. The number of carbonyl (C=O) groups is 2. The second kappa shape index (κ2) is 12.1. The predicted molar refractivity (Wildman–Crippen MR) is 135 cm³/mol. The Labute approximate surface area is 203 Å². The highest BCUT2D eigenvalue weighted by Gasteiger charge is 2.18. The lowest BCUT2D eigenvalue weighted by molar-refractivity contribution is 0.0974. The van der Waals surface area contributed by atoms with Crippen LogP contribution in [0, 0.1) is 5.41 Å². The van der Waals surface area contributed by atoms with Gasteiger partial charge in [0.05, 0.1) is 20.3 Å². The Morgan fingerprint density at radius 1 is 0.771 bits per heavy atom. The largest absolute Gasteiger partial charge is 0.493 e. The summed E-state index contributed by atoms with van der Waals surface area (Å²) in [6.07, 6.45) is 0. The average molecular weight is 477 g/mol. The van der Waals surface area contributed by atoms with Gasteiger partial charge in [-0.05, 0) is 56.3 Å². The first kappa shape index (κ1) is 25.1. The number of nitrogens with one attached hydrogen (secondary N) is 4. The molecule has 35 heavy (non-hydrogen) atoms. The molecule has 0 spiro atoms. The number of ether oxygens (including phenoxy) is 3. The topological polar surface area (TPSA) is 122 Å². The van der Waals surface area contributed by atoms with E-state index in [0.717, 1.165) is 0 Å². The van der Waals surface area contributed by atoms with Crippen molar-refractivity contribution in [3.05, 3.63) is 77.9 Å². The van der Waals surface area contributed by atoms with E-state index in [4.69, 9.17) is 19.6 Å². The van der Waals surface area contributed by atoms with E-state index in [9.17, 15) is 9.59 Å². The van der Waals surface area contributed by atoms with E-state index in [-0.39, 0.29) is 17.4 Å². The van der Waals surface area contributed by atoms with Crippen LogP contribution >= 0.6 is 0 Å². The molecule has 2 amide bonds. The molecular formula is C26H28N4O5. The van der Waals surface area contributed by atoms with Crippen LogP contribution in [-0.2, 0) is 0 Å². The summed E-state index contributed by atoms with van der Waals surface area (Å²) in [5.41, 5.74) is 1.83. The molecule has 0 saturated heterocycles. The Bertz CT molecular complexity index is 1200. The second-order valence-electron chi connectivity index (χ2n) is 7.23. The van der Waals surface area contributed by atoms with E-state index in [0.29, 0.717) is 47.4 Å². The van der Waals surface area contributed by atoms with Gasteiger partial charge in [-0.25, -0.2) is 0 Å². The van der Waals surface area contributed by atoms with Gasteiger partial charge in [-0.3, -0.25) is 20.3 Å². The van der Waals surface area contributed by atoms with E-state index in [2.05, 4.69) is 16.0 Å². The van der Waals surface area contributed by atoms with Gasteiger partial charge in [0.2, 0.25) is 5.75 Å². The minimum Gasteiger partial charge on any atom is -0.493 e.